The first-order chi connectivity index (χ1) is 4.47. The second-order valence-corrected chi connectivity index (χ2v) is 1.73. The van der Waals surface area contributed by atoms with Crippen LogP contribution in [0.15, 0.2) is 30.2 Å². The van der Waals surface area contributed by atoms with E-state index in [9.17, 15) is 0 Å². The van der Waals surface area contributed by atoms with Gasteiger partial charge in [-0.2, -0.15) is 4.94 Å². The first-order valence-corrected chi connectivity index (χ1v) is 2.65. The summed E-state index contributed by atoms with van der Waals surface area (Å²) in [4.78, 5) is 4.88. The van der Waals surface area contributed by atoms with Crippen molar-refractivity contribution in [2.24, 2.45) is 0 Å². The second-order valence-electron chi connectivity index (χ2n) is 1.73. The van der Waals surface area contributed by atoms with Gasteiger partial charge in [0.2, 0.25) is 0 Å². The molecule has 2 aliphatic rings. The Hall–Kier alpha value is -1.22. The van der Waals surface area contributed by atoms with E-state index >= 15 is 0 Å². The van der Waals surface area contributed by atoms with Crippen LogP contribution in [0.5, 0.6) is 0 Å². The zero-order valence-corrected chi connectivity index (χ0v) is 4.66. The molecule has 9 heavy (non-hydrogen) atoms. The molecule has 2 aliphatic heterocycles. The molecule has 0 saturated heterocycles. The Bertz CT molecular complexity index is 202. The summed E-state index contributed by atoms with van der Waals surface area (Å²) in [6.07, 6.45) is 10.1. The molecule has 0 aromatic carbocycles. The van der Waals surface area contributed by atoms with E-state index < -0.39 is 0 Å². The molecule has 0 aromatic heterocycles. The number of hydrogen-bond acceptors (Lipinski definition) is 3. The van der Waals surface area contributed by atoms with Crippen molar-refractivity contribution in [3.8, 4) is 0 Å². The van der Waals surface area contributed by atoms with Crippen LogP contribution in [-0.4, -0.2) is 5.06 Å². The molecule has 0 spiro atoms. The van der Waals surface area contributed by atoms with Gasteiger partial charge in [0, 0.05) is 12.3 Å². The molecule has 0 bridgehead atoms. The zero-order chi connectivity index (χ0) is 6.10. The molecule has 0 fully saturated rings. The van der Waals surface area contributed by atoms with E-state index in [0.717, 1.165) is 5.70 Å². The Morgan fingerprint density at radius 3 is 3.56 bits per heavy atom. The van der Waals surface area contributed by atoms with Gasteiger partial charge < -0.3 is 0 Å². The molecule has 0 saturated carbocycles. The SMILES string of the molecule is [C]1=CN2ONC=C2C=C1. The van der Waals surface area contributed by atoms with Crippen LogP contribution in [0, 0.1) is 6.08 Å². The van der Waals surface area contributed by atoms with Crippen LogP contribution in [0.4, 0.5) is 0 Å². The van der Waals surface area contributed by atoms with Crippen LogP contribution in [0.1, 0.15) is 0 Å². The van der Waals surface area contributed by atoms with E-state index in [1.165, 1.54) is 0 Å². The summed E-state index contributed by atoms with van der Waals surface area (Å²) < 4.78 is 0. The summed E-state index contributed by atoms with van der Waals surface area (Å²) in [5.41, 5.74) is 3.60. The zero-order valence-electron chi connectivity index (χ0n) is 4.66. The van der Waals surface area contributed by atoms with Crippen molar-refractivity contribution in [2.45, 2.75) is 0 Å². The van der Waals surface area contributed by atoms with Gasteiger partial charge in [-0.25, -0.2) is 10.5 Å². The summed E-state index contributed by atoms with van der Waals surface area (Å²) in [5.74, 6) is 0. The molecule has 0 amide bonds. The van der Waals surface area contributed by atoms with Gasteiger partial charge in [-0.3, -0.25) is 0 Å². The van der Waals surface area contributed by atoms with E-state index in [0.29, 0.717) is 0 Å². The first kappa shape index (κ1) is 4.64. The van der Waals surface area contributed by atoms with Crippen molar-refractivity contribution in [3.63, 3.8) is 0 Å². The molecule has 2 rings (SSSR count). The molecule has 45 valence electrons. The maximum absolute atomic E-state index is 4.88. The maximum atomic E-state index is 4.88. The number of nitrogens with one attached hydrogen (secondary N) is 1. The molecule has 3 nitrogen and oxygen atoms in total. The van der Waals surface area contributed by atoms with Crippen molar-refractivity contribution < 1.29 is 4.94 Å². The largest absolute Gasteiger partial charge is 0.247 e. The highest BCUT2D eigenvalue weighted by atomic mass is 16.8. The van der Waals surface area contributed by atoms with E-state index in [4.69, 9.17) is 4.94 Å². The van der Waals surface area contributed by atoms with Gasteiger partial charge in [-0.15, -0.1) is 0 Å². The van der Waals surface area contributed by atoms with E-state index in [1.54, 1.807) is 17.5 Å². The number of nitrogens with zero attached hydrogens (tertiary/aromatic N) is 1. The van der Waals surface area contributed by atoms with Crippen LogP contribution in [0.2, 0.25) is 0 Å². The fourth-order valence-corrected chi connectivity index (χ4v) is 0.727. The molecule has 2 heterocycles. The van der Waals surface area contributed by atoms with E-state index in [1.807, 2.05) is 12.2 Å². The third-order valence-electron chi connectivity index (χ3n) is 1.15. The summed E-state index contributed by atoms with van der Waals surface area (Å²) in [7, 11) is 0. The Labute approximate surface area is 52.8 Å². The average molecular weight is 121 g/mol. The topological polar surface area (TPSA) is 24.5 Å². The van der Waals surface area contributed by atoms with Gasteiger partial charge in [-0.05, 0) is 6.08 Å². The lowest BCUT2D eigenvalue weighted by Crippen LogP contribution is -2.14. The minimum atomic E-state index is 0.994. The van der Waals surface area contributed by atoms with Crippen LogP contribution < -0.4 is 5.48 Å². The number of rotatable bonds is 0. The summed E-state index contributed by atoms with van der Waals surface area (Å²) >= 11 is 0. The number of allylic oxidation sites excluding steroid dienone is 3. The lowest BCUT2D eigenvalue weighted by molar-refractivity contribution is -0.112. The van der Waals surface area contributed by atoms with E-state index in [-0.39, 0.29) is 0 Å². The second kappa shape index (κ2) is 1.63. The maximum Gasteiger partial charge on any atom is 0.0894 e. The molecular formula is C6H5N2O. The van der Waals surface area contributed by atoms with Gasteiger partial charge in [-0.1, -0.05) is 6.08 Å². The third-order valence-corrected chi connectivity index (χ3v) is 1.15. The van der Waals surface area contributed by atoms with Crippen molar-refractivity contribution in [1.82, 2.24) is 10.5 Å². The monoisotopic (exact) mass is 121 g/mol. The number of hydrogen-bond donors (Lipinski definition) is 1. The molecule has 0 aliphatic carbocycles. The van der Waals surface area contributed by atoms with Crippen molar-refractivity contribution in [3.05, 3.63) is 36.3 Å². The highest BCUT2D eigenvalue weighted by Gasteiger charge is 2.11. The van der Waals surface area contributed by atoms with Crippen LogP contribution in [0.25, 0.3) is 0 Å². The van der Waals surface area contributed by atoms with Gasteiger partial charge >= 0.3 is 0 Å². The Kier molecular flexibility index (Phi) is 0.841. The normalized spacial score (nSPS) is 21.3. The molecule has 3 heteroatoms. The quantitative estimate of drug-likeness (QED) is 0.504. The van der Waals surface area contributed by atoms with Crippen LogP contribution in [0.3, 0.4) is 0 Å². The van der Waals surface area contributed by atoms with Gasteiger partial charge in [0.1, 0.15) is 0 Å². The predicted octanol–water partition coefficient (Wildman–Crippen LogP) is 0.466. The fourth-order valence-electron chi connectivity index (χ4n) is 0.727. The lowest BCUT2D eigenvalue weighted by Gasteiger charge is -2.12. The molecule has 1 radical (unpaired) electrons. The third kappa shape index (κ3) is 0.622. The lowest BCUT2D eigenvalue weighted by atomic mass is 10.3. The van der Waals surface area contributed by atoms with Gasteiger partial charge in [0.15, 0.2) is 0 Å². The van der Waals surface area contributed by atoms with Crippen molar-refractivity contribution >= 4 is 0 Å². The Morgan fingerprint density at radius 2 is 2.67 bits per heavy atom. The van der Waals surface area contributed by atoms with Crippen LogP contribution >= 0.6 is 0 Å². The predicted molar refractivity (Wildman–Crippen MR) is 31.1 cm³/mol. The molecule has 0 atom stereocenters. The van der Waals surface area contributed by atoms with Crippen molar-refractivity contribution in [2.75, 3.05) is 0 Å². The van der Waals surface area contributed by atoms with E-state index in [2.05, 4.69) is 11.6 Å². The molecule has 1 N–H and O–H groups in total. The molecule has 0 unspecified atom stereocenters. The minimum Gasteiger partial charge on any atom is -0.247 e. The summed E-state index contributed by atoms with van der Waals surface area (Å²) in [6.45, 7) is 0. The number of fused-ring (bicyclic) bond motifs is 1. The summed E-state index contributed by atoms with van der Waals surface area (Å²) in [6, 6.07) is 0. The van der Waals surface area contributed by atoms with Crippen molar-refractivity contribution in [1.29, 1.82) is 0 Å². The number of hydroxylamine groups is 3. The van der Waals surface area contributed by atoms with Gasteiger partial charge in [0.05, 0.1) is 11.9 Å². The Morgan fingerprint density at radius 1 is 1.67 bits per heavy atom. The Balaban J connectivity index is 2.33. The minimum absolute atomic E-state index is 0.994. The fraction of sp³-hybridized carbons (Fsp3) is 0. The molecule has 0 aromatic rings. The average Bonchev–Trinajstić information content (AvgIpc) is 2.33. The first-order valence-electron chi connectivity index (χ1n) is 2.65. The smallest absolute Gasteiger partial charge is 0.0894 e. The van der Waals surface area contributed by atoms with Gasteiger partial charge in [0.25, 0.3) is 0 Å². The highest BCUT2D eigenvalue weighted by molar-refractivity contribution is 5.24. The molecular weight excluding hydrogens is 116 g/mol. The summed E-state index contributed by atoms with van der Waals surface area (Å²) in [5, 5.41) is 1.60. The van der Waals surface area contributed by atoms with Crippen LogP contribution in [-0.2, 0) is 4.94 Å². The highest BCUT2D eigenvalue weighted by Crippen LogP contribution is 2.13. The standard InChI is InChI=1S/C6H5N2O/c1-2-4-8-6(3-1)5-7-9-8/h1,3-5,7H.